The number of hydrogen-bond donors (Lipinski definition) is 1. The highest BCUT2D eigenvalue weighted by atomic mass is 16.5. The van der Waals surface area contributed by atoms with E-state index in [-0.39, 0.29) is 12.1 Å². The van der Waals surface area contributed by atoms with Crippen LogP contribution >= 0.6 is 0 Å². The summed E-state index contributed by atoms with van der Waals surface area (Å²) in [7, 11) is 0. The molecule has 0 radical (unpaired) electrons. The first-order valence-corrected chi connectivity index (χ1v) is 8.22. The molecule has 0 aromatic heterocycles. The Morgan fingerprint density at radius 3 is 2.23 bits per heavy atom. The minimum atomic E-state index is -0.0191. The summed E-state index contributed by atoms with van der Waals surface area (Å²) in [6.07, 6.45) is 0.825. The van der Waals surface area contributed by atoms with Gasteiger partial charge >= 0.3 is 12.1 Å². The van der Waals surface area contributed by atoms with Gasteiger partial charge in [0.05, 0.1) is 13.2 Å². The first kappa shape index (κ1) is 16.9. The van der Waals surface area contributed by atoms with Gasteiger partial charge in [0.2, 0.25) is 0 Å². The van der Waals surface area contributed by atoms with E-state index in [0.717, 1.165) is 6.42 Å². The second-order valence-electron chi connectivity index (χ2n) is 6.29. The minimum absolute atomic E-state index is 0.0191. The van der Waals surface area contributed by atoms with Gasteiger partial charge in [0.15, 0.2) is 0 Å². The maximum atomic E-state index is 12.5. The number of nitrogens with zero attached hydrogens (tertiary/aromatic N) is 3. The molecule has 126 valence electrons. The molecule has 0 spiro atoms. The van der Waals surface area contributed by atoms with Crippen LogP contribution in [0.25, 0.3) is 0 Å². The summed E-state index contributed by atoms with van der Waals surface area (Å²) in [5.41, 5.74) is 0. The van der Waals surface area contributed by atoms with Crippen molar-refractivity contribution in [2.45, 2.75) is 20.3 Å². The lowest BCUT2D eigenvalue weighted by Gasteiger charge is -2.32. The van der Waals surface area contributed by atoms with Crippen molar-refractivity contribution in [1.29, 1.82) is 0 Å². The molecule has 0 saturated carbocycles. The molecule has 2 saturated heterocycles. The highest BCUT2D eigenvalue weighted by molar-refractivity contribution is 5.76. The van der Waals surface area contributed by atoms with Gasteiger partial charge in [-0.15, -0.1) is 0 Å². The lowest BCUT2D eigenvalue weighted by molar-refractivity contribution is 0.0436. The van der Waals surface area contributed by atoms with Crippen molar-refractivity contribution in [1.82, 2.24) is 20.0 Å². The van der Waals surface area contributed by atoms with Gasteiger partial charge in [-0.2, -0.15) is 0 Å². The predicted octanol–water partition coefficient (Wildman–Crippen LogP) is 0.812. The van der Waals surface area contributed by atoms with Crippen molar-refractivity contribution in [2.24, 2.45) is 5.92 Å². The summed E-state index contributed by atoms with van der Waals surface area (Å²) >= 11 is 0. The fourth-order valence-electron chi connectivity index (χ4n) is 2.67. The molecule has 7 nitrogen and oxygen atoms in total. The molecular weight excluding hydrogens is 284 g/mol. The van der Waals surface area contributed by atoms with Gasteiger partial charge in [-0.1, -0.05) is 13.8 Å². The smallest absolute Gasteiger partial charge is 0.320 e. The molecule has 0 aromatic carbocycles. The van der Waals surface area contributed by atoms with Crippen LogP contribution in [0.4, 0.5) is 9.59 Å². The van der Waals surface area contributed by atoms with E-state index in [1.54, 1.807) is 0 Å². The Balaban J connectivity index is 1.81. The van der Waals surface area contributed by atoms with Crippen LogP contribution < -0.4 is 5.32 Å². The molecule has 22 heavy (non-hydrogen) atoms. The molecule has 0 atom stereocenters. The molecule has 2 aliphatic heterocycles. The summed E-state index contributed by atoms with van der Waals surface area (Å²) < 4.78 is 5.28. The average molecular weight is 312 g/mol. The Morgan fingerprint density at radius 2 is 1.55 bits per heavy atom. The van der Waals surface area contributed by atoms with Crippen LogP contribution in [0.15, 0.2) is 0 Å². The largest absolute Gasteiger partial charge is 0.378 e. The van der Waals surface area contributed by atoms with E-state index < -0.39 is 0 Å². The SMILES string of the molecule is CC(C)CNC(=O)N1CCCN(C(=O)N2CCOCC2)CC1. The van der Waals surface area contributed by atoms with E-state index in [9.17, 15) is 9.59 Å². The van der Waals surface area contributed by atoms with Gasteiger partial charge in [0, 0.05) is 45.8 Å². The molecule has 4 amide bonds. The van der Waals surface area contributed by atoms with Crippen LogP contribution in [0.5, 0.6) is 0 Å². The Kier molecular flexibility index (Phi) is 6.30. The normalized spacial score (nSPS) is 20.0. The third-order valence-corrected chi connectivity index (χ3v) is 4.00. The van der Waals surface area contributed by atoms with E-state index in [4.69, 9.17) is 4.74 Å². The van der Waals surface area contributed by atoms with Crippen molar-refractivity contribution in [3.05, 3.63) is 0 Å². The molecule has 2 aliphatic rings. The summed E-state index contributed by atoms with van der Waals surface area (Å²) in [4.78, 5) is 30.1. The number of carbonyl (C=O) groups is 2. The zero-order chi connectivity index (χ0) is 15.9. The van der Waals surface area contributed by atoms with E-state index in [2.05, 4.69) is 19.2 Å². The first-order valence-electron chi connectivity index (χ1n) is 8.22. The summed E-state index contributed by atoms with van der Waals surface area (Å²) in [6, 6.07) is 0.0575. The molecule has 2 rings (SSSR count). The Hall–Kier alpha value is -1.50. The molecule has 1 N–H and O–H groups in total. The van der Waals surface area contributed by atoms with Gasteiger partial charge in [0.25, 0.3) is 0 Å². The number of morpholine rings is 1. The monoisotopic (exact) mass is 312 g/mol. The Labute approximate surface area is 132 Å². The van der Waals surface area contributed by atoms with Crippen LogP contribution in [-0.4, -0.2) is 85.8 Å². The fraction of sp³-hybridized carbons (Fsp3) is 0.867. The van der Waals surface area contributed by atoms with Gasteiger partial charge in [-0.05, 0) is 12.3 Å². The molecule has 0 aromatic rings. The highest BCUT2D eigenvalue weighted by Gasteiger charge is 2.26. The summed E-state index contributed by atoms with van der Waals surface area (Å²) in [5.74, 6) is 0.440. The van der Waals surface area contributed by atoms with Crippen molar-refractivity contribution < 1.29 is 14.3 Å². The number of urea groups is 2. The predicted molar refractivity (Wildman–Crippen MR) is 83.8 cm³/mol. The Bertz CT molecular complexity index is 383. The van der Waals surface area contributed by atoms with Crippen LogP contribution in [0.2, 0.25) is 0 Å². The van der Waals surface area contributed by atoms with Gasteiger partial charge in [0.1, 0.15) is 0 Å². The maximum absolute atomic E-state index is 12.5. The van der Waals surface area contributed by atoms with Crippen LogP contribution in [0, 0.1) is 5.92 Å². The van der Waals surface area contributed by atoms with Crippen molar-refractivity contribution in [3.63, 3.8) is 0 Å². The minimum Gasteiger partial charge on any atom is -0.378 e. The van der Waals surface area contributed by atoms with Crippen molar-refractivity contribution >= 4 is 12.1 Å². The van der Waals surface area contributed by atoms with E-state index in [0.29, 0.717) is 64.9 Å². The number of rotatable bonds is 2. The van der Waals surface area contributed by atoms with Crippen LogP contribution in [0.1, 0.15) is 20.3 Å². The van der Waals surface area contributed by atoms with Gasteiger partial charge in [-0.25, -0.2) is 9.59 Å². The third-order valence-electron chi connectivity index (χ3n) is 4.00. The first-order chi connectivity index (χ1) is 10.6. The van der Waals surface area contributed by atoms with E-state index in [1.165, 1.54) is 0 Å². The van der Waals surface area contributed by atoms with Crippen molar-refractivity contribution in [2.75, 3.05) is 59.0 Å². The number of amides is 4. The average Bonchev–Trinajstić information content (AvgIpc) is 2.78. The summed E-state index contributed by atoms with van der Waals surface area (Å²) in [5, 5.41) is 2.94. The van der Waals surface area contributed by atoms with E-state index >= 15 is 0 Å². The second kappa shape index (κ2) is 8.22. The number of hydrogen-bond acceptors (Lipinski definition) is 3. The third kappa shape index (κ3) is 4.76. The number of nitrogens with one attached hydrogen (secondary N) is 1. The van der Waals surface area contributed by atoms with E-state index in [1.807, 2.05) is 14.7 Å². The fourth-order valence-corrected chi connectivity index (χ4v) is 2.67. The molecule has 0 bridgehead atoms. The molecular formula is C15H28N4O3. The zero-order valence-electron chi connectivity index (χ0n) is 13.7. The molecule has 0 unspecified atom stereocenters. The number of ether oxygens (including phenoxy) is 1. The van der Waals surface area contributed by atoms with Crippen molar-refractivity contribution in [3.8, 4) is 0 Å². The van der Waals surface area contributed by atoms with Gasteiger partial charge in [-0.3, -0.25) is 0 Å². The van der Waals surface area contributed by atoms with Crippen LogP contribution in [0.3, 0.4) is 0 Å². The second-order valence-corrected chi connectivity index (χ2v) is 6.29. The molecule has 2 fully saturated rings. The zero-order valence-corrected chi connectivity index (χ0v) is 13.7. The molecule has 2 heterocycles. The number of carbonyl (C=O) groups excluding carboxylic acids is 2. The van der Waals surface area contributed by atoms with Crippen LogP contribution in [-0.2, 0) is 4.74 Å². The lowest BCUT2D eigenvalue weighted by Crippen LogP contribution is -2.49. The standard InChI is InChI=1S/C15H28N4O3/c1-13(2)12-16-14(20)17-4-3-5-18(7-6-17)15(21)19-8-10-22-11-9-19/h13H,3-12H2,1-2H3,(H,16,20). The maximum Gasteiger partial charge on any atom is 0.320 e. The highest BCUT2D eigenvalue weighted by Crippen LogP contribution is 2.08. The van der Waals surface area contributed by atoms with Gasteiger partial charge < -0.3 is 24.8 Å². The quantitative estimate of drug-likeness (QED) is 0.821. The summed E-state index contributed by atoms with van der Waals surface area (Å²) in [6.45, 7) is 10.0. The lowest BCUT2D eigenvalue weighted by atomic mass is 10.2. The Morgan fingerprint density at radius 1 is 0.955 bits per heavy atom. The topological polar surface area (TPSA) is 65.1 Å². The molecule has 0 aliphatic carbocycles. The molecule has 7 heteroatoms.